The molecule has 0 aliphatic carbocycles. The van der Waals surface area contributed by atoms with Gasteiger partial charge < -0.3 is 15.6 Å². The van der Waals surface area contributed by atoms with E-state index in [4.69, 9.17) is 10.3 Å². The molecule has 128 valence electrons. The molecule has 0 radical (unpaired) electrons. The lowest BCUT2D eigenvalue weighted by atomic mass is 10.1. The summed E-state index contributed by atoms with van der Waals surface area (Å²) >= 11 is 0. The molecular formula is C19H21N5O. The summed E-state index contributed by atoms with van der Waals surface area (Å²) in [6.07, 6.45) is 1.57. The third kappa shape index (κ3) is 4.67. The summed E-state index contributed by atoms with van der Waals surface area (Å²) in [6, 6.07) is 17.8. The molecule has 2 aromatic carbocycles. The first kappa shape index (κ1) is 16.7. The summed E-state index contributed by atoms with van der Waals surface area (Å²) in [5.41, 5.74) is 8.92. The van der Waals surface area contributed by atoms with Gasteiger partial charge in [-0.25, -0.2) is 0 Å². The Balaban J connectivity index is 1.54. The van der Waals surface area contributed by atoms with E-state index in [0.29, 0.717) is 18.4 Å². The minimum Gasteiger partial charge on any atom is -0.370 e. The van der Waals surface area contributed by atoms with E-state index in [1.807, 2.05) is 61.5 Å². The van der Waals surface area contributed by atoms with E-state index in [2.05, 4.69) is 20.4 Å². The Bertz CT molecular complexity index is 825. The lowest BCUT2D eigenvalue weighted by Gasteiger charge is -2.05. The van der Waals surface area contributed by atoms with Crippen LogP contribution in [0.3, 0.4) is 0 Å². The fourth-order valence-corrected chi connectivity index (χ4v) is 2.34. The van der Waals surface area contributed by atoms with Crippen LogP contribution in [0.25, 0.3) is 11.5 Å². The molecule has 0 amide bonds. The van der Waals surface area contributed by atoms with Crippen molar-refractivity contribution in [3.05, 3.63) is 66.0 Å². The van der Waals surface area contributed by atoms with Gasteiger partial charge in [0, 0.05) is 24.2 Å². The molecule has 3 rings (SSSR count). The number of aromatic nitrogens is 2. The predicted molar refractivity (Wildman–Crippen MR) is 99.4 cm³/mol. The minimum absolute atomic E-state index is 0.417. The number of nitrogens with zero attached hydrogens (tertiary/aromatic N) is 3. The second-order valence-electron chi connectivity index (χ2n) is 5.57. The van der Waals surface area contributed by atoms with Crippen LogP contribution in [0.15, 0.2) is 64.1 Å². The second-order valence-corrected chi connectivity index (χ2v) is 5.57. The van der Waals surface area contributed by atoms with Gasteiger partial charge in [-0.15, -0.1) is 0 Å². The van der Waals surface area contributed by atoms with E-state index in [-0.39, 0.29) is 0 Å². The molecule has 25 heavy (non-hydrogen) atoms. The molecule has 0 aliphatic rings. The Labute approximate surface area is 146 Å². The second kappa shape index (κ2) is 8.10. The van der Waals surface area contributed by atoms with E-state index < -0.39 is 0 Å². The number of benzene rings is 2. The van der Waals surface area contributed by atoms with Crippen molar-refractivity contribution in [2.24, 2.45) is 10.7 Å². The quantitative estimate of drug-likeness (QED) is 0.533. The maximum atomic E-state index is 5.90. The monoisotopic (exact) mass is 335 g/mol. The van der Waals surface area contributed by atoms with Crippen LogP contribution in [0.1, 0.15) is 18.3 Å². The van der Waals surface area contributed by atoms with Gasteiger partial charge in [0.2, 0.25) is 0 Å². The molecule has 3 aromatic rings. The highest BCUT2D eigenvalue weighted by atomic mass is 16.5. The van der Waals surface area contributed by atoms with Gasteiger partial charge in [0.15, 0.2) is 11.8 Å². The highest BCUT2D eigenvalue weighted by Gasteiger charge is 2.07. The first-order valence-corrected chi connectivity index (χ1v) is 8.28. The third-order valence-corrected chi connectivity index (χ3v) is 3.71. The highest BCUT2D eigenvalue weighted by molar-refractivity contribution is 5.92. The SMILES string of the molecule is CCc1noc(-c2ccc(CCN=C(N)Nc3ccccc3)cc2)n1. The number of anilines is 1. The number of rotatable bonds is 6. The Morgan fingerprint density at radius 2 is 1.88 bits per heavy atom. The number of nitrogens with one attached hydrogen (secondary N) is 1. The number of aliphatic imine (C=N–C) groups is 1. The number of nitrogens with two attached hydrogens (primary N) is 1. The molecule has 1 heterocycles. The van der Waals surface area contributed by atoms with Crippen LogP contribution in [-0.4, -0.2) is 22.6 Å². The van der Waals surface area contributed by atoms with Gasteiger partial charge in [0.25, 0.3) is 5.89 Å². The number of para-hydroxylation sites is 1. The van der Waals surface area contributed by atoms with Gasteiger partial charge >= 0.3 is 0 Å². The topological polar surface area (TPSA) is 89.3 Å². The molecule has 0 unspecified atom stereocenters. The van der Waals surface area contributed by atoms with Gasteiger partial charge in [-0.05, 0) is 36.2 Å². The maximum Gasteiger partial charge on any atom is 0.257 e. The number of hydrogen-bond donors (Lipinski definition) is 2. The van der Waals surface area contributed by atoms with Crippen molar-refractivity contribution in [1.29, 1.82) is 0 Å². The van der Waals surface area contributed by atoms with Crippen LogP contribution in [0.2, 0.25) is 0 Å². The smallest absolute Gasteiger partial charge is 0.257 e. The summed E-state index contributed by atoms with van der Waals surface area (Å²) < 4.78 is 5.24. The Kier molecular flexibility index (Phi) is 5.41. The highest BCUT2D eigenvalue weighted by Crippen LogP contribution is 2.18. The summed E-state index contributed by atoms with van der Waals surface area (Å²) in [5, 5.41) is 6.98. The van der Waals surface area contributed by atoms with Crippen molar-refractivity contribution in [3.8, 4) is 11.5 Å². The van der Waals surface area contributed by atoms with Crippen LogP contribution in [0.4, 0.5) is 5.69 Å². The first-order chi connectivity index (χ1) is 12.2. The summed E-state index contributed by atoms with van der Waals surface area (Å²) in [7, 11) is 0. The zero-order valence-electron chi connectivity index (χ0n) is 14.1. The molecule has 0 atom stereocenters. The molecule has 0 fully saturated rings. The number of hydrogen-bond acceptors (Lipinski definition) is 4. The molecule has 0 saturated carbocycles. The van der Waals surface area contributed by atoms with Crippen molar-refractivity contribution < 1.29 is 4.52 Å². The minimum atomic E-state index is 0.417. The van der Waals surface area contributed by atoms with E-state index in [1.54, 1.807) is 0 Å². The van der Waals surface area contributed by atoms with Gasteiger partial charge in [0.1, 0.15) is 0 Å². The summed E-state index contributed by atoms with van der Waals surface area (Å²) in [6.45, 7) is 2.61. The summed E-state index contributed by atoms with van der Waals surface area (Å²) in [4.78, 5) is 8.68. The largest absolute Gasteiger partial charge is 0.370 e. The first-order valence-electron chi connectivity index (χ1n) is 8.28. The Hall–Kier alpha value is -3.15. The molecular weight excluding hydrogens is 314 g/mol. The van der Waals surface area contributed by atoms with Gasteiger partial charge in [-0.1, -0.05) is 42.4 Å². The van der Waals surface area contributed by atoms with Gasteiger partial charge in [-0.3, -0.25) is 4.99 Å². The van der Waals surface area contributed by atoms with Crippen LogP contribution in [-0.2, 0) is 12.8 Å². The van der Waals surface area contributed by atoms with Crippen LogP contribution in [0.5, 0.6) is 0 Å². The fourth-order valence-electron chi connectivity index (χ4n) is 2.34. The predicted octanol–water partition coefficient (Wildman–Crippen LogP) is 3.27. The number of guanidine groups is 1. The molecule has 0 bridgehead atoms. The Morgan fingerprint density at radius 1 is 1.12 bits per heavy atom. The lowest BCUT2D eigenvalue weighted by Crippen LogP contribution is -2.23. The molecule has 6 nitrogen and oxygen atoms in total. The van der Waals surface area contributed by atoms with Crippen molar-refractivity contribution >= 4 is 11.6 Å². The zero-order valence-corrected chi connectivity index (χ0v) is 14.1. The van der Waals surface area contributed by atoms with Crippen molar-refractivity contribution in [3.63, 3.8) is 0 Å². The lowest BCUT2D eigenvalue weighted by molar-refractivity contribution is 0.423. The maximum absolute atomic E-state index is 5.90. The van der Waals surface area contributed by atoms with Crippen molar-refractivity contribution in [1.82, 2.24) is 10.1 Å². The standard InChI is InChI=1S/C19H21N5O/c1-2-17-23-18(25-24-17)15-10-8-14(9-11-15)12-13-21-19(20)22-16-6-4-3-5-7-16/h3-11H,2,12-13H2,1H3,(H3,20,21,22). The van der Waals surface area contributed by atoms with E-state index >= 15 is 0 Å². The average molecular weight is 335 g/mol. The molecule has 0 aliphatic heterocycles. The molecule has 0 saturated heterocycles. The summed E-state index contributed by atoms with van der Waals surface area (Å²) in [5.74, 6) is 1.69. The Morgan fingerprint density at radius 3 is 2.56 bits per heavy atom. The fraction of sp³-hybridized carbons (Fsp3) is 0.211. The van der Waals surface area contributed by atoms with Crippen LogP contribution >= 0.6 is 0 Å². The van der Waals surface area contributed by atoms with Crippen molar-refractivity contribution in [2.45, 2.75) is 19.8 Å². The van der Waals surface area contributed by atoms with E-state index in [1.165, 1.54) is 5.56 Å². The normalized spacial score (nSPS) is 11.5. The van der Waals surface area contributed by atoms with Crippen LogP contribution in [0, 0.1) is 0 Å². The van der Waals surface area contributed by atoms with E-state index in [0.717, 1.165) is 29.9 Å². The van der Waals surface area contributed by atoms with Gasteiger partial charge in [0.05, 0.1) is 0 Å². The molecule has 0 spiro atoms. The molecule has 3 N–H and O–H groups in total. The zero-order chi connectivity index (χ0) is 17.5. The van der Waals surface area contributed by atoms with E-state index in [9.17, 15) is 0 Å². The molecule has 6 heteroatoms. The van der Waals surface area contributed by atoms with Crippen molar-refractivity contribution in [2.75, 3.05) is 11.9 Å². The third-order valence-electron chi connectivity index (χ3n) is 3.71. The number of aryl methyl sites for hydroxylation is 1. The average Bonchev–Trinajstić information content (AvgIpc) is 3.12. The van der Waals surface area contributed by atoms with Gasteiger partial charge in [-0.2, -0.15) is 4.98 Å². The molecule has 1 aromatic heterocycles. The van der Waals surface area contributed by atoms with Crippen LogP contribution < -0.4 is 11.1 Å².